The number of rotatable bonds is 5. The van der Waals surface area contributed by atoms with E-state index in [-0.39, 0.29) is 17.9 Å². The Morgan fingerprint density at radius 3 is 3.05 bits per heavy atom. The fraction of sp³-hybridized carbons (Fsp3) is 0.588. The molecule has 21 heavy (non-hydrogen) atoms. The monoisotopic (exact) mass is 308 g/mol. The topological polar surface area (TPSA) is 32.3 Å². The second-order valence-corrected chi connectivity index (χ2v) is 6.46. The minimum absolute atomic E-state index is 0.118. The van der Waals surface area contributed by atoms with Gasteiger partial charge in [0.15, 0.2) is 0 Å². The van der Waals surface area contributed by atoms with Crippen molar-refractivity contribution in [2.45, 2.75) is 45.7 Å². The van der Waals surface area contributed by atoms with E-state index < -0.39 is 0 Å². The fourth-order valence-electron chi connectivity index (χ4n) is 2.77. The predicted octanol–water partition coefficient (Wildman–Crippen LogP) is 3.47. The Morgan fingerprint density at radius 1 is 1.52 bits per heavy atom. The van der Waals surface area contributed by atoms with Gasteiger partial charge in [0.1, 0.15) is 0 Å². The van der Waals surface area contributed by atoms with Crippen LogP contribution in [-0.4, -0.2) is 29.9 Å². The number of nitrogens with one attached hydrogen (secondary N) is 1. The zero-order valence-corrected chi connectivity index (χ0v) is 13.7. The highest BCUT2D eigenvalue weighted by molar-refractivity contribution is 6.30. The maximum absolute atomic E-state index is 12.3. The molecule has 2 atom stereocenters. The number of halogens is 1. The van der Waals surface area contributed by atoms with Gasteiger partial charge in [0.25, 0.3) is 0 Å². The molecule has 0 saturated carbocycles. The maximum atomic E-state index is 12.3. The van der Waals surface area contributed by atoms with Crippen molar-refractivity contribution in [3.05, 3.63) is 34.9 Å². The minimum atomic E-state index is 0.118. The smallest absolute Gasteiger partial charge is 0.224 e. The van der Waals surface area contributed by atoms with Gasteiger partial charge in [0.2, 0.25) is 5.91 Å². The molecule has 3 nitrogen and oxygen atoms in total. The third-order valence-corrected chi connectivity index (χ3v) is 4.41. The number of benzene rings is 1. The van der Waals surface area contributed by atoms with E-state index in [9.17, 15) is 4.79 Å². The highest BCUT2D eigenvalue weighted by Crippen LogP contribution is 2.20. The van der Waals surface area contributed by atoms with Crippen molar-refractivity contribution in [1.82, 2.24) is 10.2 Å². The summed E-state index contributed by atoms with van der Waals surface area (Å²) in [6.07, 6.45) is 3.05. The van der Waals surface area contributed by atoms with Gasteiger partial charge in [-0.3, -0.25) is 9.69 Å². The summed E-state index contributed by atoms with van der Waals surface area (Å²) in [7, 11) is 0. The van der Waals surface area contributed by atoms with Crippen molar-refractivity contribution >= 4 is 17.5 Å². The van der Waals surface area contributed by atoms with E-state index >= 15 is 0 Å². The second-order valence-electron chi connectivity index (χ2n) is 6.02. The summed E-state index contributed by atoms with van der Waals surface area (Å²) in [5.74, 6) is 0.326. The van der Waals surface area contributed by atoms with E-state index in [1.165, 1.54) is 5.56 Å². The third-order valence-electron chi connectivity index (χ3n) is 4.17. The summed E-state index contributed by atoms with van der Waals surface area (Å²) >= 11 is 6.03. The molecule has 0 radical (unpaired) electrons. The molecule has 1 aliphatic rings. The van der Waals surface area contributed by atoms with Crippen LogP contribution in [0.5, 0.6) is 0 Å². The first kappa shape index (κ1) is 16.3. The Kier molecular flexibility index (Phi) is 6.07. The number of carbonyl (C=O) groups excluding carboxylic acids is 1. The van der Waals surface area contributed by atoms with E-state index in [0.29, 0.717) is 0 Å². The van der Waals surface area contributed by atoms with Crippen LogP contribution in [0.25, 0.3) is 0 Å². The van der Waals surface area contributed by atoms with Gasteiger partial charge in [-0.05, 0) is 50.4 Å². The summed E-state index contributed by atoms with van der Waals surface area (Å²) in [4.78, 5) is 14.6. The molecule has 0 aliphatic carbocycles. The summed E-state index contributed by atoms with van der Waals surface area (Å²) in [6, 6.07) is 8.23. The zero-order valence-electron chi connectivity index (χ0n) is 12.9. The molecule has 1 aliphatic heterocycles. The molecular weight excluding hydrogens is 284 g/mol. The summed E-state index contributed by atoms with van der Waals surface area (Å²) in [6.45, 7) is 6.92. The van der Waals surface area contributed by atoms with E-state index in [2.05, 4.69) is 30.1 Å². The van der Waals surface area contributed by atoms with Crippen molar-refractivity contribution in [3.63, 3.8) is 0 Å². The molecule has 116 valence electrons. The van der Waals surface area contributed by atoms with Crippen molar-refractivity contribution in [1.29, 1.82) is 0 Å². The average molecular weight is 309 g/mol. The number of hydrogen-bond donors (Lipinski definition) is 1. The number of nitrogens with zero attached hydrogens (tertiary/aromatic N) is 1. The van der Waals surface area contributed by atoms with Crippen LogP contribution in [0.3, 0.4) is 0 Å². The normalized spacial score (nSPS) is 21.0. The molecule has 2 unspecified atom stereocenters. The summed E-state index contributed by atoms with van der Waals surface area (Å²) < 4.78 is 0. The highest BCUT2D eigenvalue weighted by atomic mass is 35.5. The van der Waals surface area contributed by atoms with Gasteiger partial charge >= 0.3 is 0 Å². The van der Waals surface area contributed by atoms with Gasteiger partial charge in [0, 0.05) is 24.2 Å². The number of carbonyl (C=O) groups is 1. The van der Waals surface area contributed by atoms with Crippen LogP contribution in [0, 0.1) is 5.92 Å². The molecule has 0 spiro atoms. The van der Waals surface area contributed by atoms with Gasteiger partial charge in [0.05, 0.1) is 5.92 Å². The molecule has 1 fully saturated rings. The molecule has 4 heteroatoms. The molecule has 1 N–H and O–H groups in total. The van der Waals surface area contributed by atoms with Crippen LogP contribution in [0.1, 0.15) is 38.7 Å². The SMILES string of the molecule is CCC(C)NC(=O)C1CCCN(Cc2cccc(Cl)c2)C1. The summed E-state index contributed by atoms with van der Waals surface area (Å²) in [5.41, 5.74) is 1.21. The Hall–Kier alpha value is -1.06. The van der Waals surface area contributed by atoms with Gasteiger partial charge in [-0.15, -0.1) is 0 Å². The van der Waals surface area contributed by atoms with Gasteiger partial charge < -0.3 is 5.32 Å². The van der Waals surface area contributed by atoms with Gasteiger partial charge in [-0.25, -0.2) is 0 Å². The number of amides is 1. The van der Waals surface area contributed by atoms with Crippen molar-refractivity contribution < 1.29 is 4.79 Å². The number of piperidine rings is 1. The molecule has 0 bridgehead atoms. The third kappa shape index (κ3) is 5.01. The van der Waals surface area contributed by atoms with Gasteiger partial charge in [-0.1, -0.05) is 30.7 Å². The lowest BCUT2D eigenvalue weighted by Gasteiger charge is -2.32. The first-order valence-electron chi connectivity index (χ1n) is 7.85. The molecular formula is C17H25ClN2O. The molecule has 1 aromatic carbocycles. The van der Waals surface area contributed by atoms with E-state index in [1.54, 1.807) is 0 Å². The predicted molar refractivity (Wildman–Crippen MR) is 87.3 cm³/mol. The quantitative estimate of drug-likeness (QED) is 0.903. The van der Waals surface area contributed by atoms with Crippen LogP contribution in [-0.2, 0) is 11.3 Å². The minimum Gasteiger partial charge on any atom is -0.353 e. The van der Waals surface area contributed by atoms with E-state index in [0.717, 1.165) is 43.9 Å². The Morgan fingerprint density at radius 2 is 2.33 bits per heavy atom. The largest absolute Gasteiger partial charge is 0.353 e. The zero-order chi connectivity index (χ0) is 15.2. The lowest BCUT2D eigenvalue weighted by atomic mass is 9.96. The van der Waals surface area contributed by atoms with Crippen molar-refractivity contribution in [2.75, 3.05) is 13.1 Å². The molecule has 1 amide bonds. The average Bonchev–Trinajstić information content (AvgIpc) is 2.47. The first-order chi connectivity index (χ1) is 10.1. The van der Waals surface area contributed by atoms with E-state index in [4.69, 9.17) is 11.6 Å². The second kappa shape index (κ2) is 7.81. The Labute approximate surface area is 132 Å². The maximum Gasteiger partial charge on any atom is 0.224 e. The number of likely N-dealkylation sites (tertiary alicyclic amines) is 1. The lowest BCUT2D eigenvalue weighted by Crippen LogP contribution is -2.44. The van der Waals surface area contributed by atoms with Crippen LogP contribution in [0.15, 0.2) is 24.3 Å². The number of hydrogen-bond acceptors (Lipinski definition) is 2. The first-order valence-corrected chi connectivity index (χ1v) is 8.23. The fourth-order valence-corrected chi connectivity index (χ4v) is 2.98. The molecule has 2 rings (SSSR count). The summed E-state index contributed by atoms with van der Waals surface area (Å²) in [5, 5.41) is 3.88. The molecule has 1 heterocycles. The Balaban J connectivity index is 1.90. The molecule has 0 aromatic heterocycles. The van der Waals surface area contributed by atoms with Crippen molar-refractivity contribution in [2.24, 2.45) is 5.92 Å². The Bertz CT molecular complexity index is 478. The van der Waals surface area contributed by atoms with Crippen LogP contribution in [0.2, 0.25) is 5.02 Å². The van der Waals surface area contributed by atoms with E-state index in [1.807, 2.05) is 18.2 Å². The lowest BCUT2D eigenvalue weighted by molar-refractivity contribution is -0.127. The van der Waals surface area contributed by atoms with Crippen LogP contribution in [0.4, 0.5) is 0 Å². The van der Waals surface area contributed by atoms with Crippen LogP contribution >= 0.6 is 11.6 Å². The highest BCUT2D eigenvalue weighted by Gasteiger charge is 2.26. The molecule has 1 aromatic rings. The van der Waals surface area contributed by atoms with Crippen molar-refractivity contribution in [3.8, 4) is 0 Å². The van der Waals surface area contributed by atoms with Crippen LogP contribution < -0.4 is 5.32 Å². The standard InChI is InChI=1S/C17H25ClN2O/c1-3-13(2)19-17(21)15-7-5-9-20(12-15)11-14-6-4-8-16(18)10-14/h4,6,8,10,13,15H,3,5,7,9,11-12H2,1-2H3,(H,19,21). The van der Waals surface area contributed by atoms with Gasteiger partial charge in [-0.2, -0.15) is 0 Å². The molecule has 1 saturated heterocycles.